The van der Waals surface area contributed by atoms with E-state index in [2.05, 4.69) is 34.3 Å². The monoisotopic (exact) mass is 463 g/mol. The quantitative estimate of drug-likeness (QED) is 0.182. The predicted octanol–water partition coefficient (Wildman–Crippen LogP) is 6.40. The molecular formula is C26H23Cl2N3O. The van der Waals surface area contributed by atoms with Crippen LogP contribution in [0.4, 0.5) is 0 Å². The van der Waals surface area contributed by atoms with Crippen molar-refractivity contribution < 1.29 is 5.21 Å². The lowest BCUT2D eigenvalue weighted by atomic mass is 10.0. The molecule has 6 atom stereocenters. The van der Waals surface area contributed by atoms with E-state index < -0.39 is 0 Å². The molecule has 2 fully saturated rings. The van der Waals surface area contributed by atoms with E-state index in [1.807, 2.05) is 36.4 Å². The van der Waals surface area contributed by atoms with Crippen LogP contribution in [0.25, 0.3) is 16.0 Å². The molecule has 4 aliphatic carbocycles. The summed E-state index contributed by atoms with van der Waals surface area (Å²) in [5.41, 5.74) is 10.7. The molecule has 0 spiro atoms. The zero-order valence-electron chi connectivity index (χ0n) is 17.3. The number of nitrogens with zero attached hydrogens (tertiary/aromatic N) is 2. The molecule has 2 saturated carbocycles. The molecule has 0 heterocycles. The third-order valence-corrected chi connectivity index (χ3v) is 7.58. The molecule has 0 aliphatic heterocycles. The van der Waals surface area contributed by atoms with Gasteiger partial charge in [0, 0.05) is 16.0 Å². The van der Waals surface area contributed by atoms with Gasteiger partial charge in [-0.1, -0.05) is 64.8 Å². The fraction of sp³-hybridized carbons (Fsp3) is 0.308. The van der Waals surface area contributed by atoms with Crippen LogP contribution >= 0.6 is 23.2 Å². The SMILES string of the molecule is N/C(=N\O)[C@@H]1[C@H]2C=C(c3cccc(Cl)c3)C[C@H]21.[C-]#[N+][C@@H]1[C@H]2C=C(c3cccc(Cl)c3)C[C@H]21. The van der Waals surface area contributed by atoms with Gasteiger partial charge in [0.1, 0.15) is 5.84 Å². The van der Waals surface area contributed by atoms with Gasteiger partial charge in [-0.05, 0) is 71.2 Å². The van der Waals surface area contributed by atoms with Crippen molar-refractivity contribution >= 4 is 40.2 Å². The number of hydrogen-bond donors (Lipinski definition) is 2. The third kappa shape index (κ3) is 3.92. The van der Waals surface area contributed by atoms with Gasteiger partial charge in [0.2, 0.25) is 6.04 Å². The number of benzene rings is 2. The smallest absolute Gasteiger partial charge is 0.234 e. The molecule has 2 aromatic carbocycles. The van der Waals surface area contributed by atoms with Crippen molar-refractivity contribution in [3.05, 3.63) is 93.3 Å². The van der Waals surface area contributed by atoms with Crippen LogP contribution in [0.2, 0.25) is 10.0 Å². The summed E-state index contributed by atoms with van der Waals surface area (Å²) in [7, 11) is 0. The Morgan fingerprint density at radius 3 is 1.91 bits per heavy atom. The summed E-state index contributed by atoms with van der Waals surface area (Å²) in [5.74, 6) is 2.68. The first-order chi connectivity index (χ1) is 15.5. The summed E-state index contributed by atoms with van der Waals surface area (Å²) in [4.78, 5) is 3.61. The average molecular weight is 464 g/mol. The topological polar surface area (TPSA) is 63.0 Å². The van der Waals surface area contributed by atoms with Crippen molar-refractivity contribution in [3.8, 4) is 0 Å². The maximum absolute atomic E-state index is 8.64. The number of nitrogens with two attached hydrogens (primary N) is 1. The third-order valence-electron chi connectivity index (χ3n) is 7.11. The first kappa shape index (κ1) is 21.1. The Bertz CT molecular complexity index is 1200. The number of amidine groups is 1. The van der Waals surface area contributed by atoms with E-state index >= 15 is 0 Å². The Morgan fingerprint density at radius 2 is 1.50 bits per heavy atom. The molecule has 6 heteroatoms. The summed E-state index contributed by atoms with van der Waals surface area (Å²) in [6.45, 7) is 7.00. The molecule has 2 aromatic rings. The molecule has 0 radical (unpaired) electrons. The van der Waals surface area contributed by atoms with Gasteiger partial charge in [-0.15, -0.1) is 0 Å². The molecule has 6 rings (SSSR count). The van der Waals surface area contributed by atoms with Gasteiger partial charge in [0.15, 0.2) is 0 Å². The van der Waals surface area contributed by atoms with E-state index in [0.717, 1.165) is 22.9 Å². The van der Waals surface area contributed by atoms with Crippen LogP contribution in [-0.2, 0) is 0 Å². The summed E-state index contributed by atoms with van der Waals surface area (Å²) in [6.07, 6.45) is 6.54. The normalized spacial score (nSPS) is 31.3. The Balaban J connectivity index is 0.000000136. The minimum Gasteiger partial charge on any atom is -0.409 e. The lowest BCUT2D eigenvalue weighted by molar-refractivity contribution is 0.316. The summed E-state index contributed by atoms with van der Waals surface area (Å²) in [5, 5.41) is 13.3. The number of oxime groups is 1. The minimum absolute atomic E-state index is 0.239. The summed E-state index contributed by atoms with van der Waals surface area (Å²) < 4.78 is 0. The number of fused-ring (bicyclic) bond motifs is 2. The van der Waals surface area contributed by atoms with Gasteiger partial charge < -0.3 is 15.8 Å². The molecule has 0 bridgehead atoms. The fourth-order valence-corrected chi connectivity index (χ4v) is 5.71. The Morgan fingerprint density at radius 1 is 0.938 bits per heavy atom. The largest absolute Gasteiger partial charge is 0.409 e. The van der Waals surface area contributed by atoms with Crippen LogP contribution in [0.5, 0.6) is 0 Å². The molecule has 3 N–H and O–H groups in total. The first-order valence-electron chi connectivity index (χ1n) is 10.8. The highest BCUT2D eigenvalue weighted by Crippen LogP contribution is 2.58. The van der Waals surface area contributed by atoms with Gasteiger partial charge in [-0.2, -0.15) is 0 Å². The number of halogens is 2. The molecule has 0 aromatic heterocycles. The van der Waals surface area contributed by atoms with E-state index in [9.17, 15) is 0 Å². The molecule has 162 valence electrons. The minimum atomic E-state index is 0.239. The molecular weight excluding hydrogens is 441 g/mol. The van der Waals surface area contributed by atoms with Crippen LogP contribution in [-0.4, -0.2) is 17.1 Å². The highest BCUT2D eigenvalue weighted by Gasteiger charge is 2.59. The van der Waals surface area contributed by atoms with Crippen LogP contribution in [0.15, 0.2) is 65.8 Å². The van der Waals surface area contributed by atoms with E-state index in [-0.39, 0.29) is 12.0 Å². The summed E-state index contributed by atoms with van der Waals surface area (Å²) in [6, 6.07) is 16.1. The van der Waals surface area contributed by atoms with Gasteiger partial charge in [-0.25, -0.2) is 6.57 Å². The molecule has 4 aliphatic rings. The lowest BCUT2D eigenvalue weighted by Crippen LogP contribution is -2.16. The van der Waals surface area contributed by atoms with Crippen molar-refractivity contribution in [1.82, 2.24) is 0 Å². The number of hydrogen-bond acceptors (Lipinski definition) is 2. The van der Waals surface area contributed by atoms with Crippen molar-refractivity contribution in [3.63, 3.8) is 0 Å². The van der Waals surface area contributed by atoms with E-state index in [1.54, 1.807) is 0 Å². The van der Waals surface area contributed by atoms with Crippen LogP contribution in [0.3, 0.4) is 0 Å². The maximum Gasteiger partial charge on any atom is 0.234 e. The number of allylic oxidation sites excluding steroid dienone is 3. The zero-order valence-corrected chi connectivity index (χ0v) is 18.8. The zero-order chi connectivity index (χ0) is 22.4. The molecule has 32 heavy (non-hydrogen) atoms. The molecule has 0 saturated heterocycles. The van der Waals surface area contributed by atoms with Crippen LogP contribution in [0.1, 0.15) is 24.0 Å². The second-order valence-corrected chi connectivity index (χ2v) is 9.84. The van der Waals surface area contributed by atoms with Gasteiger partial charge in [0.05, 0.1) is 11.8 Å². The van der Waals surface area contributed by atoms with E-state index in [4.69, 9.17) is 40.7 Å². The standard InChI is InChI=1S/C13H13ClN2O.C13H10ClN/c14-9-3-1-2-7(4-9)8-5-10-11(6-8)12(10)13(15)16-17;1-15-13-11-6-9(7-12(11)13)8-3-2-4-10(14)5-8/h1-5,10-12,17H,6H2,(H2,15,16);2-6,11-13H,7H2/t10-,11+,12+;11-,12+,13+/m00/s1. The lowest BCUT2D eigenvalue weighted by Gasteiger charge is -2.06. The predicted molar refractivity (Wildman–Crippen MR) is 129 cm³/mol. The van der Waals surface area contributed by atoms with Gasteiger partial charge in [0.25, 0.3) is 0 Å². The van der Waals surface area contributed by atoms with Crippen molar-refractivity contribution in [2.75, 3.05) is 0 Å². The van der Waals surface area contributed by atoms with Crippen LogP contribution < -0.4 is 5.73 Å². The van der Waals surface area contributed by atoms with E-state index in [1.165, 1.54) is 22.3 Å². The Hall–Kier alpha value is -2.74. The maximum atomic E-state index is 8.64. The molecule has 0 amide bonds. The Kier molecular flexibility index (Phi) is 5.49. The van der Waals surface area contributed by atoms with E-state index in [0.29, 0.717) is 29.5 Å². The average Bonchev–Trinajstić information content (AvgIpc) is 3.50. The summed E-state index contributed by atoms with van der Waals surface area (Å²) >= 11 is 11.9. The fourth-order valence-electron chi connectivity index (χ4n) is 5.33. The highest BCUT2D eigenvalue weighted by molar-refractivity contribution is 6.31. The molecule has 4 nitrogen and oxygen atoms in total. The second-order valence-electron chi connectivity index (χ2n) is 8.97. The Labute approximate surface area is 197 Å². The van der Waals surface area contributed by atoms with Crippen molar-refractivity contribution in [1.29, 1.82) is 0 Å². The van der Waals surface area contributed by atoms with Gasteiger partial charge in [-0.3, -0.25) is 0 Å². The highest BCUT2D eigenvalue weighted by atomic mass is 35.5. The van der Waals surface area contributed by atoms with Crippen molar-refractivity contribution in [2.24, 2.45) is 40.5 Å². The van der Waals surface area contributed by atoms with Crippen molar-refractivity contribution in [2.45, 2.75) is 18.9 Å². The first-order valence-corrected chi connectivity index (χ1v) is 11.5. The molecule has 0 unspecified atom stereocenters. The second kappa shape index (κ2) is 8.31. The van der Waals surface area contributed by atoms with Gasteiger partial charge >= 0.3 is 0 Å². The van der Waals surface area contributed by atoms with Crippen LogP contribution in [0, 0.1) is 36.2 Å². The number of rotatable bonds is 3.